The molecule has 0 saturated carbocycles. The highest BCUT2D eigenvalue weighted by molar-refractivity contribution is 9.10. The van der Waals surface area contributed by atoms with E-state index in [9.17, 15) is 9.18 Å². The lowest BCUT2D eigenvalue weighted by atomic mass is 10.2. The second-order valence-electron chi connectivity index (χ2n) is 4.35. The summed E-state index contributed by atoms with van der Waals surface area (Å²) < 4.78 is 13.4. The number of aromatic amines is 1. The van der Waals surface area contributed by atoms with Crippen molar-refractivity contribution in [2.45, 2.75) is 0 Å². The van der Waals surface area contributed by atoms with E-state index in [0.717, 1.165) is 10.9 Å². The zero-order valence-electron chi connectivity index (χ0n) is 10.3. The maximum atomic E-state index is 13.1. The quantitative estimate of drug-likeness (QED) is 0.721. The zero-order chi connectivity index (χ0) is 14.1. The van der Waals surface area contributed by atoms with Gasteiger partial charge in [-0.1, -0.05) is 18.2 Å². The molecule has 0 aliphatic heterocycles. The number of carbonyl (C=O) groups excluding carboxylic acids is 1. The van der Waals surface area contributed by atoms with Gasteiger partial charge in [0.15, 0.2) is 0 Å². The molecule has 5 heteroatoms. The van der Waals surface area contributed by atoms with Crippen LogP contribution in [0.4, 0.5) is 10.1 Å². The largest absolute Gasteiger partial charge is 0.351 e. The van der Waals surface area contributed by atoms with Crippen LogP contribution in [0.15, 0.2) is 53.0 Å². The fraction of sp³-hybridized carbons (Fsp3) is 0. The van der Waals surface area contributed by atoms with Crippen molar-refractivity contribution in [2.24, 2.45) is 0 Å². The number of carbonyl (C=O) groups is 1. The highest BCUT2D eigenvalue weighted by Crippen LogP contribution is 2.21. The van der Waals surface area contributed by atoms with E-state index in [0.29, 0.717) is 15.9 Å². The van der Waals surface area contributed by atoms with Crippen LogP contribution >= 0.6 is 15.9 Å². The lowest BCUT2D eigenvalue weighted by Crippen LogP contribution is -2.12. The van der Waals surface area contributed by atoms with Crippen LogP contribution in [0.3, 0.4) is 0 Å². The third-order valence-electron chi connectivity index (χ3n) is 2.95. The number of H-pyrrole nitrogens is 1. The van der Waals surface area contributed by atoms with Gasteiger partial charge in [-0.2, -0.15) is 0 Å². The lowest BCUT2D eigenvalue weighted by Gasteiger charge is -2.04. The van der Waals surface area contributed by atoms with E-state index < -0.39 is 0 Å². The first kappa shape index (κ1) is 12.9. The van der Waals surface area contributed by atoms with Gasteiger partial charge in [0.25, 0.3) is 5.91 Å². The highest BCUT2D eigenvalue weighted by atomic mass is 79.9. The van der Waals surface area contributed by atoms with Gasteiger partial charge in [-0.25, -0.2) is 4.39 Å². The maximum absolute atomic E-state index is 13.1. The summed E-state index contributed by atoms with van der Waals surface area (Å²) in [7, 11) is 0. The van der Waals surface area contributed by atoms with Crippen LogP contribution < -0.4 is 5.32 Å². The Bertz CT molecular complexity index is 764. The third kappa shape index (κ3) is 2.44. The SMILES string of the molecule is O=C(Nc1ccc(F)c(Br)c1)c1cc2ccccc2[nH]1. The van der Waals surface area contributed by atoms with Crippen LogP contribution in [0.1, 0.15) is 10.5 Å². The van der Waals surface area contributed by atoms with Gasteiger partial charge < -0.3 is 10.3 Å². The number of hydrogen-bond acceptors (Lipinski definition) is 1. The molecule has 0 atom stereocenters. The molecule has 3 aromatic rings. The first-order chi connectivity index (χ1) is 9.63. The minimum Gasteiger partial charge on any atom is -0.351 e. The monoisotopic (exact) mass is 332 g/mol. The first-order valence-corrected chi connectivity index (χ1v) is 6.77. The summed E-state index contributed by atoms with van der Waals surface area (Å²) in [5.41, 5.74) is 1.89. The van der Waals surface area contributed by atoms with Gasteiger partial charge in [0, 0.05) is 16.6 Å². The first-order valence-electron chi connectivity index (χ1n) is 5.97. The topological polar surface area (TPSA) is 44.9 Å². The minimum absolute atomic E-state index is 0.264. The van der Waals surface area contributed by atoms with Gasteiger partial charge in [-0.3, -0.25) is 4.79 Å². The average Bonchev–Trinajstić information content (AvgIpc) is 2.87. The van der Waals surface area contributed by atoms with Crippen LogP contribution in [-0.2, 0) is 0 Å². The summed E-state index contributed by atoms with van der Waals surface area (Å²) >= 11 is 3.09. The van der Waals surface area contributed by atoms with Gasteiger partial charge in [0.1, 0.15) is 11.5 Å². The van der Waals surface area contributed by atoms with Crippen molar-refractivity contribution >= 4 is 38.4 Å². The number of para-hydroxylation sites is 1. The van der Waals surface area contributed by atoms with E-state index in [4.69, 9.17) is 0 Å². The summed E-state index contributed by atoms with van der Waals surface area (Å²) in [5.74, 6) is -0.631. The molecule has 1 aromatic heterocycles. The fourth-order valence-corrected chi connectivity index (χ4v) is 2.35. The number of fused-ring (bicyclic) bond motifs is 1. The summed E-state index contributed by atoms with van der Waals surface area (Å²) in [6.07, 6.45) is 0. The van der Waals surface area contributed by atoms with Crippen molar-refractivity contribution in [3.05, 3.63) is 64.5 Å². The van der Waals surface area contributed by atoms with Crippen LogP contribution in [-0.4, -0.2) is 10.9 Å². The molecule has 0 aliphatic rings. The standard InChI is InChI=1S/C15H10BrFN2O/c16-11-8-10(5-6-12(11)17)18-15(20)14-7-9-3-1-2-4-13(9)19-14/h1-8,19H,(H,18,20). The fourth-order valence-electron chi connectivity index (χ4n) is 1.97. The molecule has 0 radical (unpaired) electrons. The van der Waals surface area contributed by atoms with Gasteiger partial charge >= 0.3 is 0 Å². The van der Waals surface area contributed by atoms with Crippen LogP contribution in [0.5, 0.6) is 0 Å². The van der Waals surface area contributed by atoms with E-state index in [1.54, 1.807) is 6.07 Å². The molecule has 2 aromatic carbocycles. The van der Waals surface area contributed by atoms with Crippen molar-refractivity contribution in [3.8, 4) is 0 Å². The molecular weight excluding hydrogens is 323 g/mol. The Labute approximate surface area is 122 Å². The van der Waals surface area contributed by atoms with Crippen LogP contribution in [0, 0.1) is 5.82 Å². The minimum atomic E-state index is -0.367. The second kappa shape index (κ2) is 5.09. The molecule has 1 heterocycles. The van der Waals surface area contributed by atoms with Crippen molar-refractivity contribution in [1.29, 1.82) is 0 Å². The predicted molar refractivity (Wildman–Crippen MR) is 80.4 cm³/mol. The van der Waals surface area contributed by atoms with Crippen LogP contribution in [0.2, 0.25) is 0 Å². The summed E-state index contributed by atoms with van der Waals surface area (Å²) in [6, 6.07) is 13.8. The molecule has 3 nitrogen and oxygen atoms in total. The molecule has 0 aliphatic carbocycles. The Morgan fingerprint density at radius 3 is 2.70 bits per heavy atom. The number of halogens is 2. The number of nitrogens with one attached hydrogen (secondary N) is 2. The average molecular weight is 333 g/mol. The number of anilines is 1. The molecule has 20 heavy (non-hydrogen) atoms. The molecule has 0 saturated heterocycles. The Hall–Kier alpha value is -2.14. The molecule has 0 unspecified atom stereocenters. The predicted octanol–water partition coefficient (Wildman–Crippen LogP) is 4.32. The third-order valence-corrected chi connectivity index (χ3v) is 3.56. The van der Waals surface area contributed by atoms with E-state index in [1.165, 1.54) is 18.2 Å². The van der Waals surface area contributed by atoms with Crippen molar-refractivity contribution in [1.82, 2.24) is 4.98 Å². The van der Waals surface area contributed by atoms with E-state index in [-0.39, 0.29) is 11.7 Å². The van der Waals surface area contributed by atoms with Gasteiger partial charge in [0.2, 0.25) is 0 Å². The molecule has 100 valence electrons. The van der Waals surface area contributed by atoms with E-state index >= 15 is 0 Å². The van der Waals surface area contributed by atoms with Crippen molar-refractivity contribution in [2.75, 3.05) is 5.32 Å². The summed E-state index contributed by atoms with van der Waals surface area (Å²) in [4.78, 5) is 15.2. The maximum Gasteiger partial charge on any atom is 0.272 e. The number of rotatable bonds is 2. The summed E-state index contributed by atoms with van der Waals surface area (Å²) in [5, 5.41) is 3.69. The lowest BCUT2D eigenvalue weighted by molar-refractivity contribution is 0.102. The van der Waals surface area contributed by atoms with Gasteiger partial charge in [0.05, 0.1) is 4.47 Å². The van der Waals surface area contributed by atoms with Crippen molar-refractivity contribution < 1.29 is 9.18 Å². The smallest absolute Gasteiger partial charge is 0.272 e. The number of aromatic nitrogens is 1. The zero-order valence-corrected chi connectivity index (χ0v) is 11.9. The molecule has 2 N–H and O–H groups in total. The molecule has 1 amide bonds. The van der Waals surface area contributed by atoms with Gasteiger partial charge in [-0.05, 0) is 46.3 Å². The highest BCUT2D eigenvalue weighted by Gasteiger charge is 2.10. The Kier molecular flexibility index (Phi) is 3.28. The molecule has 0 fully saturated rings. The molecule has 3 rings (SSSR count). The normalized spacial score (nSPS) is 10.7. The van der Waals surface area contributed by atoms with Gasteiger partial charge in [-0.15, -0.1) is 0 Å². The molecular formula is C15H10BrFN2O. The second-order valence-corrected chi connectivity index (χ2v) is 5.21. The van der Waals surface area contributed by atoms with Crippen LogP contribution in [0.25, 0.3) is 10.9 Å². The number of hydrogen-bond donors (Lipinski definition) is 2. The molecule has 0 bridgehead atoms. The molecule has 0 spiro atoms. The summed E-state index contributed by atoms with van der Waals surface area (Å²) in [6.45, 7) is 0. The Morgan fingerprint density at radius 2 is 1.95 bits per heavy atom. The van der Waals surface area contributed by atoms with E-state index in [1.807, 2.05) is 24.3 Å². The number of benzene rings is 2. The Balaban J connectivity index is 1.86. The van der Waals surface area contributed by atoms with E-state index in [2.05, 4.69) is 26.2 Å². The number of amides is 1. The Morgan fingerprint density at radius 1 is 1.15 bits per heavy atom. The van der Waals surface area contributed by atoms with Crippen molar-refractivity contribution in [3.63, 3.8) is 0 Å².